The molecule has 2 aromatic carbocycles. The molecular formula is C24H28N4O3. The molecular weight excluding hydrogens is 392 g/mol. The first-order valence-corrected chi connectivity index (χ1v) is 10.5. The van der Waals surface area contributed by atoms with Gasteiger partial charge in [-0.3, -0.25) is 14.4 Å². The van der Waals surface area contributed by atoms with E-state index in [1.807, 2.05) is 77.6 Å². The summed E-state index contributed by atoms with van der Waals surface area (Å²) in [7, 11) is 3.57. The Labute approximate surface area is 182 Å². The number of rotatable bonds is 7. The van der Waals surface area contributed by atoms with E-state index in [1.54, 1.807) is 7.11 Å². The van der Waals surface area contributed by atoms with Crippen molar-refractivity contribution in [1.82, 2.24) is 19.6 Å². The summed E-state index contributed by atoms with van der Waals surface area (Å²) in [5, 5.41) is 4.22. The molecule has 0 saturated carbocycles. The van der Waals surface area contributed by atoms with Crippen LogP contribution in [0, 0.1) is 0 Å². The maximum atomic E-state index is 12.9. The molecule has 1 fully saturated rings. The van der Waals surface area contributed by atoms with Crippen LogP contribution >= 0.6 is 0 Å². The Morgan fingerprint density at radius 3 is 2.23 bits per heavy atom. The fraction of sp³-hybridized carbons (Fsp3) is 0.333. The van der Waals surface area contributed by atoms with Crippen LogP contribution in [0.25, 0.3) is 0 Å². The van der Waals surface area contributed by atoms with Gasteiger partial charge in [0.25, 0.3) is 5.91 Å². The van der Waals surface area contributed by atoms with Crippen LogP contribution in [-0.2, 0) is 20.2 Å². The highest BCUT2D eigenvalue weighted by Crippen LogP contribution is 2.19. The number of piperazine rings is 1. The second-order valence-electron chi connectivity index (χ2n) is 7.75. The lowest BCUT2D eigenvalue weighted by molar-refractivity contribution is 0.0628. The molecule has 7 heteroatoms. The summed E-state index contributed by atoms with van der Waals surface area (Å²) in [5.41, 5.74) is 2.94. The third kappa shape index (κ3) is 5.44. The summed E-state index contributed by atoms with van der Waals surface area (Å²) in [6, 6.07) is 15.2. The van der Waals surface area contributed by atoms with E-state index in [-0.39, 0.29) is 5.91 Å². The molecule has 3 aromatic rings. The van der Waals surface area contributed by atoms with Crippen molar-refractivity contribution >= 4 is 5.91 Å². The van der Waals surface area contributed by atoms with Gasteiger partial charge in [-0.05, 0) is 42.0 Å². The monoisotopic (exact) mass is 420 g/mol. The zero-order valence-corrected chi connectivity index (χ0v) is 18.0. The lowest BCUT2D eigenvalue weighted by Gasteiger charge is -2.34. The minimum atomic E-state index is 0.0867. The molecule has 0 unspecified atom stereocenters. The fourth-order valence-electron chi connectivity index (χ4n) is 3.69. The number of aromatic nitrogens is 2. The van der Waals surface area contributed by atoms with Gasteiger partial charge < -0.3 is 14.4 Å². The van der Waals surface area contributed by atoms with Crippen molar-refractivity contribution in [3.05, 3.63) is 77.6 Å². The SMILES string of the molecule is COc1ccc(OCc2ccc(C(=O)N3CCN(Cc4cnn(C)c4)CC3)cc2)cc1. The van der Waals surface area contributed by atoms with Crippen LogP contribution in [0.3, 0.4) is 0 Å². The molecule has 0 radical (unpaired) electrons. The predicted molar refractivity (Wildman–Crippen MR) is 118 cm³/mol. The molecule has 0 spiro atoms. The van der Waals surface area contributed by atoms with Gasteiger partial charge in [-0.2, -0.15) is 5.10 Å². The highest BCUT2D eigenvalue weighted by Gasteiger charge is 2.22. The third-order valence-electron chi connectivity index (χ3n) is 5.49. The number of hydrogen-bond acceptors (Lipinski definition) is 5. The van der Waals surface area contributed by atoms with Gasteiger partial charge >= 0.3 is 0 Å². The largest absolute Gasteiger partial charge is 0.497 e. The van der Waals surface area contributed by atoms with Crippen molar-refractivity contribution < 1.29 is 14.3 Å². The molecule has 1 amide bonds. The number of nitrogens with zero attached hydrogens (tertiary/aromatic N) is 4. The van der Waals surface area contributed by atoms with Gasteiger partial charge in [-0.15, -0.1) is 0 Å². The van der Waals surface area contributed by atoms with Gasteiger partial charge in [0.05, 0.1) is 13.3 Å². The highest BCUT2D eigenvalue weighted by molar-refractivity contribution is 5.94. The molecule has 1 saturated heterocycles. The first kappa shape index (κ1) is 20.9. The van der Waals surface area contributed by atoms with Crippen LogP contribution < -0.4 is 9.47 Å². The summed E-state index contributed by atoms with van der Waals surface area (Å²) in [4.78, 5) is 17.2. The van der Waals surface area contributed by atoms with Crippen LogP contribution in [0.1, 0.15) is 21.5 Å². The van der Waals surface area contributed by atoms with E-state index in [2.05, 4.69) is 10.00 Å². The summed E-state index contributed by atoms with van der Waals surface area (Å²) < 4.78 is 12.8. The number of carbonyl (C=O) groups excluding carboxylic acids is 1. The van der Waals surface area contributed by atoms with Crippen LogP contribution in [0.15, 0.2) is 60.9 Å². The molecule has 1 aromatic heterocycles. The molecule has 2 heterocycles. The first-order chi connectivity index (χ1) is 15.1. The molecule has 162 valence electrons. The van der Waals surface area contributed by atoms with Gasteiger partial charge in [0, 0.05) is 57.1 Å². The summed E-state index contributed by atoms with van der Waals surface area (Å²) >= 11 is 0. The maximum absolute atomic E-state index is 12.9. The van der Waals surface area contributed by atoms with Crippen LogP contribution in [0.4, 0.5) is 0 Å². The van der Waals surface area contributed by atoms with E-state index >= 15 is 0 Å². The minimum Gasteiger partial charge on any atom is -0.497 e. The Balaban J connectivity index is 1.26. The predicted octanol–water partition coefficient (Wildman–Crippen LogP) is 2.97. The van der Waals surface area contributed by atoms with E-state index in [1.165, 1.54) is 5.56 Å². The fourth-order valence-corrected chi connectivity index (χ4v) is 3.69. The van der Waals surface area contributed by atoms with Gasteiger partial charge in [0.15, 0.2) is 0 Å². The van der Waals surface area contributed by atoms with E-state index < -0.39 is 0 Å². The van der Waals surface area contributed by atoms with Crippen molar-refractivity contribution in [2.24, 2.45) is 7.05 Å². The van der Waals surface area contributed by atoms with E-state index in [0.717, 1.165) is 49.8 Å². The Morgan fingerprint density at radius 2 is 1.61 bits per heavy atom. The average Bonchev–Trinajstić information content (AvgIpc) is 3.23. The number of methoxy groups -OCH3 is 1. The van der Waals surface area contributed by atoms with Crippen LogP contribution in [0.2, 0.25) is 0 Å². The quantitative estimate of drug-likeness (QED) is 0.588. The van der Waals surface area contributed by atoms with Gasteiger partial charge in [0.1, 0.15) is 18.1 Å². The van der Waals surface area contributed by atoms with E-state index in [0.29, 0.717) is 12.2 Å². The van der Waals surface area contributed by atoms with Crippen molar-refractivity contribution in [2.75, 3.05) is 33.3 Å². The topological polar surface area (TPSA) is 59.8 Å². The molecule has 0 aliphatic carbocycles. The standard InChI is InChI=1S/C24H28N4O3/c1-26-16-20(15-25-26)17-27-11-13-28(14-12-27)24(29)21-5-3-19(4-6-21)18-31-23-9-7-22(30-2)8-10-23/h3-10,15-16H,11-14,17-18H2,1-2H3. The smallest absolute Gasteiger partial charge is 0.253 e. The molecule has 31 heavy (non-hydrogen) atoms. The molecule has 4 rings (SSSR count). The van der Waals surface area contributed by atoms with Crippen molar-refractivity contribution in [1.29, 1.82) is 0 Å². The highest BCUT2D eigenvalue weighted by atomic mass is 16.5. The van der Waals surface area contributed by atoms with Crippen molar-refractivity contribution in [3.63, 3.8) is 0 Å². The normalized spacial score (nSPS) is 14.5. The van der Waals surface area contributed by atoms with Gasteiger partial charge in [-0.25, -0.2) is 0 Å². The average molecular weight is 421 g/mol. The number of hydrogen-bond donors (Lipinski definition) is 0. The number of aryl methyl sites for hydroxylation is 1. The summed E-state index contributed by atoms with van der Waals surface area (Å²) in [5.74, 6) is 1.67. The second-order valence-corrected chi connectivity index (χ2v) is 7.75. The lowest BCUT2D eigenvalue weighted by atomic mass is 10.1. The number of ether oxygens (including phenoxy) is 2. The molecule has 7 nitrogen and oxygen atoms in total. The Morgan fingerprint density at radius 1 is 0.935 bits per heavy atom. The zero-order chi connectivity index (χ0) is 21.6. The molecule has 1 aliphatic rings. The summed E-state index contributed by atoms with van der Waals surface area (Å²) in [6.07, 6.45) is 3.94. The van der Waals surface area contributed by atoms with Crippen molar-refractivity contribution in [2.45, 2.75) is 13.2 Å². The second kappa shape index (κ2) is 9.66. The first-order valence-electron chi connectivity index (χ1n) is 10.5. The van der Waals surface area contributed by atoms with E-state index in [9.17, 15) is 4.79 Å². The van der Waals surface area contributed by atoms with Crippen LogP contribution in [-0.4, -0.2) is 58.8 Å². The Bertz CT molecular complexity index is 990. The Hall–Kier alpha value is -3.32. The number of amides is 1. The summed E-state index contributed by atoms with van der Waals surface area (Å²) in [6.45, 7) is 4.54. The zero-order valence-electron chi connectivity index (χ0n) is 18.0. The van der Waals surface area contributed by atoms with Crippen LogP contribution in [0.5, 0.6) is 11.5 Å². The Kier molecular flexibility index (Phi) is 6.52. The number of benzene rings is 2. The van der Waals surface area contributed by atoms with Gasteiger partial charge in [-0.1, -0.05) is 12.1 Å². The maximum Gasteiger partial charge on any atom is 0.253 e. The van der Waals surface area contributed by atoms with E-state index in [4.69, 9.17) is 9.47 Å². The molecule has 1 aliphatic heterocycles. The molecule has 0 bridgehead atoms. The van der Waals surface area contributed by atoms with Gasteiger partial charge in [0.2, 0.25) is 0 Å². The molecule has 0 N–H and O–H groups in total. The van der Waals surface area contributed by atoms with Crippen molar-refractivity contribution in [3.8, 4) is 11.5 Å². The number of carbonyl (C=O) groups is 1. The molecule has 0 atom stereocenters. The third-order valence-corrected chi connectivity index (χ3v) is 5.49. The lowest BCUT2D eigenvalue weighted by Crippen LogP contribution is -2.48. The minimum absolute atomic E-state index is 0.0867.